The van der Waals surface area contributed by atoms with Crippen molar-refractivity contribution in [3.63, 3.8) is 0 Å². The minimum absolute atomic E-state index is 0.00519. The maximum atomic E-state index is 12.8. The first kappa shape index (κ1) is 19.3. The van der Waals surface area contributed by atoms with Crippen LogP contribution in [0.4, 0.5) is 0 Å². The van der Waals surface area contributed by atoms with E-state index in [4.69, 9.17) is 4.42 Å². The third-order valence-electron chi connectivity index (χ3n) is 6.10. The number of benzene rings is 1. The van der Waals surface area contributed by atoms with Crippen LogP contribution < -0.4 is 11.2 Å². The molecule has 3 aromatic rings. The van der Waals surface area contributed by atoms with Crippen molar-refractivity contribution in [1.82, 2.24) is 9.47 Å². The summed E-state index contributed by atoms with van der Waals surface area (Å²) >= 11 is 0. The van der Waals surface area contributed by atoms with Crippen LogP contribution in [0.1, 0.15) is 23.6 Å². The molecule has 158 valence electrons. The minimum Gasteiger partial charge on any atom is -0.506 e. The van der Waals surface area contributed by atoms with Gasteiger partial charge in [0.1, 0.15) is 23.4 Å². The van der Waals surface area contributed by atoms with Crippen LogP contribution in [-0.4, -0.2) is 46.3 Å². The van der Waals surface area contributed by atoms with Crippen LogP contribution in [0, 0.1) is 5.92 Å². The lowest BCUT2D eigenvalue weighted by molar-refractivity contribution is -0.132. The summed E-state index contributed by atoms with van der Waals surface area (Å²) in [5.74, 6) is 0.00158. The first-order valence-corrected chi connectivity index (χ1v) is 10.2. The maximum Gasteiger partial charge on any atom is 0.348 e. The number of carbonyl (C=O) groups excluding carboxylic acids is 1. The zero-order chi connectivity index (χ0) is 21.5. The Bertz CT molecular complexity index is 1320. The molecule has 1 aromatic carbocycles. The molecule has 5 rings (SSSR count). The second kappa shape index (κ2) is 7.54. The molecule has 8 heteroatoms. The molecule has 0 radical (unpaired) electrons. The van der Waals surface area contributed by atoms with Gasteiger partial charge in [-0.2, -0.15) is 0 Å². The summed E-state index contributed by atoms with van der Waals surface area (Å²) in [4.78, 5) is 42.9. The summed E-state index contributed by atoms with van der Waals surface area (Å²) in [5, 5.41) is 10.8. The van der Waals surface area contributed by atoms with Gasteiger partial charge in [0.2, 0.25) is 5.91 Å². The van der Waals surface area contributed by atoms with E-state index in [-0.39, 0.29) is 46.7 Å². The van der Waals surface area contributed by atoms with Gasteiger partial charge in [-0.05, 0) is 30.5 Å². The van der Waals surface area contributed by atoms with E-state index in [0.29, 0.717) is 25.0 Å². The number of aromatic hydroxyl groups is 1. The zero-order valence-electron chi connectivity index (χ0n) is 16.7. The lowest BCUT2D eigenvalue weighted by Crippen LogP contribution is -2.49. The number of hydrogen-bond acceptors (Lipinski definition) is 6. The fourth-order valence-electron chi connectivity index (χ4n) is 4.68. The first-order valence-electron chi connectivity index (χ1n) is 10.2. The van der Waals surface area contributed by atoms with Crippen LogP contribution >= 0.6 is 0 Å². The lowest BCUT2D eigenvalue weighted by atomic mass is 9.83. The molecule has 31 heavy (non-hydrogen) atoms. The molecule has 0 saturated carbocycles. The Labute approximate surface area is 177 Å². The Kier molecular flexibility index (Phi) is 4.69. The predicted molar refractivity (Wildman–Crippen MR) is 115 cm³/mol. The third-order valence-corrected chi connectivity index (χ3v) is 6.10. The van der Waals surface area contributed by atoms with E-state index >= 15 is 0 Å². The van der Waals surface area contributed by atoms with Gasteiger partial charge in [0.15, 0.2) is 0 Å². The van der Waals surface area contributed by atoms with Crippen molar-refractivity contribution in [3.8, 4) is 5.75 Å². The van der Waals surface area contributed by atoms with Crippen LogP contribution in [0.25, 0.3) is 11.0 Å². The van der Waals surface area contributed by atoms with Gasteiger partial charge in [-0.3, -0.25) is 14.6 Å². The molecule has 0 aliphatic carbocycles. The highest BCUT2D eigenvalue weighted by Gasteiger charge is 2.35. The highest BCUT2D eigenvalue weighted by Crippen LogP contribution is 2.35. The molecule has 2 aromatic heterocycles. The van der Waals surface area contributed by atoms with E-state index in [1.807, 2.05) is 10.6 Å². The lowest BCUT2D eigenvalue weighted by Gasteiger charge is -2.42. The van der Waals surface area contributed by atoms with Gasteiger partial charge in [0.25, 0.3) is 5.56 Å². The van der Waals surface area contributed by atoms with Crippen molar-refractivity contribution in [2.45, 2.75) is 18.9 Å². The number of hydrogen-bond donors (Lipinski definition) is 1. The van der Waals surface area contributed by atoms with Crippen molar-refractivity contribution < 1.29 is 14.3 Å². The van der Waals surface area contributed by atoms with E-state index in [1.54, 1.807) is 41.3 Å². The molecule has 0 unspecified atom stereocenters. The molecule has 2 bridgehead atoms. The number of para-hydroxylation sites is 1. The highest BCUT2D eigenvalue weighted by molar-refractivity contribution is 5.94. The molecule has 2 aliphatic heterocycles. The standard InChI is InChI=1S/C23H21N3O5/c27-20-7-3-5-18-15-8-14(12-26(18)20)11-25(13-15)21(28)10-24-9-17-22(29)16-4-1-2-6-19(16)31-23(17)30/h1-7,9,14-15,29H,8,10-13H2/t14-,15+/m0/s1. The smallest absolute Gasteiger partial charge is 0.348 e. The average molecular weight is 419 g/mol. The third kappa shape index (κ3) is 3.43. The van der Waals surface area contributed by atoms with E-state index < -0.39 is 5.63 Å². The van der Waals surface area contributed by atoms with E-state index in [1.165, 1.54) is 6.21 Å². The first-order chi connectivity index (χ1) is 15.0. The maximum absolute atomic E-state index is 12.8. The van der Waals surface area contributed by atoms with Crippen molar-refractivity contribution >= 4 is 23.1 Å². The molecular weight excluding hydrogens is 398 g/mol. The molecule has 1 amide bonds. The highest BCUT2D eigenvalue weighted by atomic mass is 16.4. The van der Waals surface area contributed by atoms with Crippen molar-refractivity contribution in [3.05, 3.63) is 74.5 Å². The number of amides is 1. The van der Waals surface area contributed by atoms with Crippen molar-refractivity contribution in [1.29, 1.82) is 0 Å². The van der Waals surface area contributed by atoms with Gasteiger partial charge >= 0.3 is 5.63 Å². The number of carbonyl (C=O) groups is 1. The van der Waals surface area contributed by atoms with E-state index in [0.717, 1.165) is 12.1 Å². The summed E-state index contributed by atoms with van der Waals surface area (Å²) in [6.45, 7) is 1.60. The van der Waals surface area contributed by atoms with Crippen LogP contribution in [0.15, 0.2) is 61.5 Å². The van der Waals surface area contributed by atoms with Crippen molar-refractivity contribution in [2.24, 2.45) is 10.9 Å². The molecular formula is C23H21N3O5. The molecule has 8 nitrogen and oxygen atoms in total. The van der Waals surface area contributed by atoms with Crippen LogP contribution in [0.3, 0.4) is 0 Å². The number of likely N-dealkylation sites (tertiary alicyclic amines) is 1. The Morgan fingerprint density at radius 2 is 1.97 bits per heavy atom. The Morgan fingerprint density at radius 1 is 1.13 bits per heavy atom. The Morgan fingerprint density at radius 3 is 2.84 bits per heavy atom. The van der Waals surface area contributed by atoms with Gasteiger partial charge in [0.05, 0.1) is 5.39 Å². The molecule has 1 N–H and O–H groups in total. The monoisotopic (exact) mass is 419 g/mol. The average Bonchev–Trinajstić information content (AvgIpc) is 2.76. The van der Waals surface area contributed by atoms with Gasteiger partial charge < -0.3 is 19.0 Å². The summed E-state index contributed by atoms with van der Waals surface area (Å²) < 4.78 is 7.03. The molecule has 0 spiro atoms. The number of aliphatic imine (C=N–C) groups is 1. The number of fused-ring (bicyclic) bond motifs is 5. The molecule has 1 saturated heterocycles. The minimum atomic E-state index is -0.707. The zero-order valence-corrected chi connectivity index (χ0v) is 16.7. The summed E-state index contributed by atoms with van der Waals surface area (Å²) in [7, 11) is 0. The molecule has 4 heterocycles. The fourth-order valence-corrected chi connectivity index (χ4v) is 4.68. The van der Waals surface area contributed by atoms with E-state index in [9.17, 15) is 19.5 Å². The van der Waals surface area contributed by atoms with Crippen LogP contribution in [-0.2, 0) is 11.3 Å². The molecule has 2 aliphatic rings. The van der Waals surface area contributed by atoms with Gasteiger partial charge in [-0.1, -0.05) is 18.2 Å². The predicted octanol–water partition coefficient (Wildman–Crippen LogP) is 1.73. The van der Waals surface area contributed by atoms with Gasteiger partial charge in [-0.25, -0.2) is 4.79 Å². The second-order valence-electron chi connectivity index (χ2n) is 8.11. The molecule has 2 atom stereocenters. The topological polar surface area (TPSA) is 105 Å². The Hall–Kier alpha value is -3.68. The summed E-state index contributed by atoms with van der Waals surface area (Å²) in [5.41, 5.74) is 0.490. The number of rotatable bonds is 3. The largest absolute Gasteiger partial charge is 0.506 e. The van der Waals surface area contributed by atoms with Gasteiger partial charge in [-0.15, -0.1) is 0 Å². The fraction of sp³-hybridized carbons (Fsp3) is 0.304. The summed E-state index contributed by atoms with van der Waals surface area (Å²) in [6.07, 6.45) is 2.16. The number of pyridine rings is 1. The van der Waals surface area contributed by atoms with Gasteiger partial charge in [0, 0.05) is 43.5 Å². The van der Waals surface area contributed by atoms with Crippen molar-refractivity contribution in [2.75, 3.05) is 19.6 Å². The normalized spacial score (nSPS) is 20.2. The summed E-state index contributed by atoms with van der Waals surface area (Å²) in [6, 6.07) is 12.0. The van der Waals surface area contributed by atoms with E-state index in [2.05, 4.69) is 4.99 Å². The second-order valence-corrected chi connectivity index (χ2v) is 8.11. The SMILES string of the molecule is O=C(CN=Cc1c(O)c2ccccc2oc1=O)N1C[C@@H]2C[C@H](C1)c1cccc(=O)n1C2. The molecule has 1 fully saturated rings. The number of nitrogens with zero attached hydrogens (tertiary/aromatic N) is 3. The Balaban J connectivity index is 1.32. The number of aromatic nitrogens is 1. The van der Waals surface area contributed by atoms with Crippen LogP contribution in [0.2, 0.25) is 0 Å². The quantitative estimate of drug-likeness (QED) is 0.514. The number of piperidine rings is 1. The van der Waals surface area contributed by atoms with Crippen LogP contribution in [0.5, 0.6) is 5.75 Å².